The van der Waals surface area contributed by atoms with Crippen molar-refractivity contribution in [2.75, 3.05) is 0 Å². The molecule has 0 saturated heterocycles. The lowest BCUT2D eigenvalue weighted by Crippen LogP contribution is -2.54. The molecule has 4 nitrogen and oxygen atoms in total. The van der Waals surface area contributed by atoms with Crippen molar-refractivity contribution >= 4 is 14.3 Å². The van der Waals surface area contributed by atoms with Crippen molar-refractivity contribution in [2.24, 2.45) is 34.5 Å². The summed E-state index contributed by atoms with van der Waals surface area (Å²) in [5.41, 5.74) is 1.53. The third-order valence-electron chi connectivity index (χ3n) is 10.1. The van der Waals surface area contributed by atoms with Crippen LogP contribution < -0.4 is 0 Å². The van der Waals surface area contributed by atoms with Crippen molar-refractivity contribution in [3.8, 4) is 0 Å². The number of carbonyl (C=O) groups excluding carboxylic acids is 1. The van der Waals surface area contributed by atoms with Crippen LogP contribution in [0.2, 0.25) is 13.1 Å². The van der Waals surface area contributed by atoms with Crippen LogP contribution in [0.1, 0.15) is 77.2 Å². The molecule has 5 rings (SSSR count). The molecule has 5 heteroatoms. The number of nitrogens with zero attached hydrogens (tertiary/aromatic N) is 1. The Morgan fingerprint density at radius 3 is 2.72 bits per heavy atom. The predicted molar refractivity (Wildman–Crippen MR) is 128 cm³/mol. The largest absolute Gasteiger partial charge is 0.391 e. The van der Waals surface area contributed by atoms with Gasteiger partial charge in [0.15, 0.2) is 0 Å². The van der Waals surface area contributed by atoms with Crippen LogP contribution in [0.4, 0.5) is 0 Å². The SMILES string of the molecule is CC12CCC3C(CCC4CC(O[Si](C)(C)OCc5cccnc5)CCC43C)C1CCC2=O. The van der Waals surface area contributed by atoms with E-state index in [4.69, 9.17) is 8.85 Å². The number of carbonyl (C=O) groups is 1. The fourth-order valence-electron chi connectivity index (χ4n) is 8.27. The number of Topliss-reactive ketones (excluding diaryl/α,β-unsaturated/α-hetero) is 1. The Balaban J connectivity index is 1.22. The quantitative estimate of drug-likeness (QED) is 0.489. The van der Waals surface area contributed by atoms with E-state index in [0.717, 1.165) is 49.0 Å². The zero-order chi connectivity index (χ0) is 22.6. The normalized spacial score (nSPS) is 41.6. The molecular weight excluding hydrogens is 414 g/mol. The van der Waals surface area contributed by atoms with Crippen LogP contribution >= 0.6 is 0 Å². The topological polar surface area (TPSA) is 48.4 Å². The van der Waals surface area contributed by atoms with Crippen molar-refractivity contribution < 1.29 is 13.6 Å². The average molecular weight is 456 g/mol. The van der Waals surface area contributed by atoms with Gasteiger partial charge in [0.1, 0.15) is 5.78 Å². The van der Waals surface area contributed by atoms with Gasteiger partial charge in [-0.15, -0.1) is 0 Å². The van der Waals surface area contributed by atoms with Gasteiger partial charge in [-0.25, -0.2) is 0 Å². The van der Waals surface area contributed by atoms with Crippen LogP contribution in [0.15, 0.2) is 24.5 Å². The first-order chi connectivity index (χ1) is 15.2. The molecule has 0 amide bonds. The summed E-state index contributed by atoms with van der Waals surface area (Å²) in [6.07, 6.45) is 14.6. The van der Waals surface area contributed by atoms with E-state index in [-0.39, 0.29) is 5.41 Å². The minimum Gasteiger partial charge on any atom is -0.391 e. The van der Waals surface area contributed by atoms with Gasteiger partial charge in [0.05, 0.1) is 6.61 Å². The summed E-state index contributed by atoms with van der Waals surface area (Å²) in [4.78, 5) is 16.9. The maximum absolute atomic E-state index is 12.7. The van der Waals surface area contributed by atoms with E-state index in [0.29, 0.717) is 29.8 Å². The first-order valence-electron chi connectivity index (χ1n) is 13.0. The highest BCUT2D eigenvalue weighted by Crippen LogP contribution is 2.65. The van der Waals surface area contributed by atoms with E-state index >= 15 is 0 Å². The van der Waals surface area contributed by atoms with Crippen molar-refractivity contribution in [1.29, 1.82) is 0 Å². The highest BCUT2D eigenvalue weighted by molar-refractivity contribution is 6.64. The molecule has 4 aliphatic carbocycles. The van der Waals surface area contributed by atoms with E-state index in [2.05, 4.69) is 38.0 Å². The summed E-state index contributed by atoms with van der Waals surface area (Å²) in [6, 6.07) is 4.02. The van der Waals surface area contributed by atoms with Gasteiger partial charge in [-0.3, -0.25) is 9.78 Å². The second-order valence-corrected chi connectivity index (χ2v) is 15.5. The van der Waals surface area contributed by atoms with E-state index < -0.39 is 8.56 Å². The number of hydrogen-bond donors (Lipinski definition) is 0. The molecule has 1 aromatic rings. The molecule has 0 aromatic carbocycles. The number of ketones is 1. The first kappa shape index (κ1) is 22.7. The van der Waals surface area contributed by atoms with Gasteiger partial charge in [0.25, 0.3) is 0 Å². The summed E-state index contributed by atoms with van der Waals surface area (Å²) < 4.78 is 13.0. The highest BCUT2D eigenvalue weighted by atomic mass is 28.4. The van der Waals surface area contributed by atoms with Crippen LogP contribution in [0.25, 0.3) is 0 Å². The van der Waals surface area contributed by atoms with E-state index in [1.807, 2.05) is 12.3 Å². The molecule has 4 saturated carbocycles. The Kier molecular flexibility index (Phi) is 5.91. The van der Waals surface area contributed by atoms with E-state index in [1.165, 1.54) is 32.1 Å². The molecule has 0 aliphatic heterocycles. The number of pyridine rings is 1. The molecule has 7 atom stereocenters. The molecule has 0 spiro atoms. The van der Waals surface area contributed by atoms with Gasteiger partial charge < -0.3 is 8.85 Å². The van der Waals surface area contributed by atoms with Gasteiger partial charge in [-0.2, -0.15) is 0 Å². The number of fused-ring (bicyclic) bond motifs is 5. The third-order valence-corrected chi connectivity index (χ3v) is 11.8. The maximum Gasteiger partial charge on any atom is 0.332 e. The predicted octanol–water partition coefficient (Wildman–Crippen LogP) is 6.30. The minimum absolute atomic E-state index is 0.00802. The number of hydrogen-bond acceptors (Lipinski definition) is 4. The standard InChI is InChI=1S/C27H41NO3Si/c1-26-13-11-21(31-32(3,4)30-18-19-6-5-15-28-17-19)16-20(26)7-8-22-23-9-10-25(29)27(23,2)14-12-24(22)26/h5-6,15,17,20-24H,7-14,16,18H2,1-4H3. The lowest BCUT2D eigenvalue weighted by Gasteiger charge is -2.60. The number of rotatable bonds is 5. The third kappa shape index (κ3) is 3.92. The van der Waals surface area contributed by atoms with Crippen molar-refractivity contribution in [2.45, 2.75) is 97.4 Å². The Hall–Kier alpha value is -1.04. The Morgan fingerprint density at radius 1 is 1.09 bits per heavy atom. The molecule has 0 bridgehead atoms. The van der Waals surface area contributed by atoms with Gasteiger partial charge >= 0.3 is 8.56 Å². The van der Waals surface area contributed by atoms with Crippen molar-refractivity contribution in [3.63, 3.8) is 0 Å². The van der Waals surface area contributed by atoms with Gasteiger partial charge in [-0.05, 0) is 105 Å². The van der Waals surface area contributed by atoms with Crippen molar-refractivity contribution in [3.05, 3.63) is 30.1 Å². The zero-order valence-corrected chi connectivity index (χ0v) is 21.4. The lowest BCUT2D eigenvalue weighted by molar-refractivity contribution is -0.142. The summed E-state index contributed by atoms with van der Waals surface area (Å²) >= 11 is 0. The summed E-state index contributed by atoms with van der Waals surface area (Å²) in [7, 11) is -2.19. The van der Waals surface area contributed by atoms with E-state index in [9.17, 15) is 4.79 Å². The Morgan fingerprint density at radius 2 is 1.94 bits per heavy atom. The smallest absolute Gasteiger partial charge is 0.332 e. The summed E-state index contributed by atoms with van der Waals surface area (Å²) in [6.45, 7) is 9.84. The Labute approximate surface area is 195 Å². The zero-order valence-electron chi connectivity index (χ0n) is 20.4. The molecule has 0 radical (unpaired) electrons. The van der Waals surface area contributed by atoms with Crippen LogP contribution in [0.5, 0.6) is 0 Å². The second-order valence-electron chi connectivity index (χ2n) is 12.1. The monoisotopic (exact) mass is 455 g/mol. The molecule has 0 N–H and O–H groups in total. The fraction of sp³-hybridized carbons (Fsp3) is 0.778. The summed E-state index contributed by atoms with van der Waals surface area (Å²) in [5.74, 6) is 3.54. The van der Waals surface area contributed by atoms with Gasteiger partial charge in [-0.1, -0.05) is 19.9 Å². The molecule has 4 fully saturated rings. The molecule has 7 unspecified atom stereocenters. The molecule has 4 aliphatic rings. The summed E-state index contributed by atoms with van der Waals surface area (Å²) in [5, 5.41) is 0. The fourth-order valence-corrected chi connectivity index (χ4v) is 9.87. The van der Waals surface area contributed by atoms with Crippen LogP contribution in [0.3, 0.4) is 0 Å². The molecule has 176 valence electrons. The van der Waals surface area contributed by atoms with Crippen LogP contribution in [0, 0.1) is 34.5 Å². The number of aromatic nitrogens is 1. The van der Waals surface area contributed by atoms with Gasteiger partial charge in [0, 0.05) is 30.3 Å². The highest BCUT2D eigenvalue weighted by Gasteiger charge is 2.60. The van der Waals surface area contributed by atoms with Crippen LogP contribution in [-0.4, -0.2) is 25.4 Å². The van der Waals surface area contributed by atoms with Crippen LogP contribution in [-0.2, 0) is 20.3 Å². The average Bonchev–Trinajstić information content (AvgIpc) is 3.08. The molecule has 1 aromatic heterocycles. The van der Waals surface area contributed by atoms with E-state index in [1.54, 1.807) is 6.20 Å². The lowest BCUT2D eigenvalue weighted by atomic mass is 9.45. The Bertz CT molecular complexity index is 845. The van der Waals surface area contributed by atoms with Crippen molar-refractivity contribution in [1.82, 2.24) is 4.98 Å². The second kappa shape index (κ2) is 8.32. The first-order valence-corrected chi connectivity index (χ1v) is 15.8. The maximum atomic E-state index is 12.7. The minimum atomic E-state index is -2.19. The van der Waals surface area contributed by atoms with Gasteiger partial charge in [0.2, 0.25) is 0 Å². The molecular formula is C27H41NO3Si. The molecule has 1 heterocycles. The molecule has 32 heavy (non-hydrogen) atoms.